The normalized spacial score (nSPS) is 13.9. The quantitative estimate of drug-likeness (QED) is 0.816. The van der Waals surface area contributed by atoms with Crippen LogP contribution in [0.2, 0.25) is 0 Å². The molecule has 0 atom stereocenters. The van der Waals surface area contributed by atoms with E-state index >= 15 is 0 Å². The molecule has 27 heavy (non-hydrogen) atoms. The van der Waals surface area contributed by atoms with Gasteiger partial charge in [0.1, 0.15) is 5.75 Å². The van der Waals surface area contributed by atoms with Crippen molar-refractivity contribution in [3.8, 4) is 17.2 Å². The van der Waals surface area contributed by atoms with Gasteiger partial charge in [-0.1, -0.05) is 6.07 Å². The van der Waals surface area contributed by atoms with Crippen LogP contribution in [0.25, 0.3) is 0 Å². The van der Waals surface area contributed by atoms with E-state index in [0.717, 1.165) is 37.2 Å². The number of phenols is 1. The Morgan fingerprint density at radius 3 is 2.52 bits per heavy atom. The molecular formula is C21H26N2O4. The molecule has 0 unspecified atom stereocenters. The molecule has 1 saturated heterocycles. The average Bonchev–Trinajstić information content (AvgIpc) is 2.72. The topological polar surface area (TPSA) is 71.0 Å². The molecule has 0 aliphatic carbocycles. The zero-order valence-electron chi connectivity index (χ0n) is 15.8. The third kappa shape index (κ3) is 4.45. The SMILES string of the molecule is COc1ccc(N2CCCCC2)c(C(=O)NCc2ccc(OC)c(O)c2)c1. The summed E-state index contributed by atoms with van der Waals surface area (Å²) in [7, 11) is 3.10. The van der Waals surface area contributed by atoms with Gasteiger partial charge in [0, 0.05) is 25.3 Å². The van der Waals surface area contributed by atoms with E-state index in [4.69, 9.17) is 9.47 Å². The second-order valence-corrected chi connectivity index (χ2v) is 6.62. The fourth-order valence-electron chi connectivity index (χ4n) is 3.36. The van der Waals surface area contributed by atoms with Crippen LogP contribution in [0, 0.1) is 0 Å². The fourth-order valence-corrected chi connectivity index (χ4v) is 3.36. The van der Waals surface area contributed by atoms with Crippen LogP contribution in [0.1, 0.15) is 35.2 Å². The van der Waals surface area contributed by atoms with Crippen molar-refractivity contribution in [3.63, 3.8) is 0 Å². The van der Waals surface area contributed by atoms with Gasteiger partial charge in [-0.3, -0.25) is 4.79 Å². The number of ether oxygens (including phenoxy) is 2. The van der Waals surface area contributed by atoms with E-state index in [2.05, 4.69) is 10.2 Å². The standard InChI is InChI=1S/C21H26N2O4/c1-26-16-7-8-18(23-10-4-3-5-11-23)17(13-16)21(25)22-14-15-6-9-20(27-2)19(24)12-15/h6-9,12-13,24H,3-5,10-11,14H2,1-2H3,(H,22,25). The number of nitrogens with one attached hydrogen (secondary N) is 1. The maximum absolute atomic E-state index is 12.9. The van der Waals surface area contributed by atoms with Crippen molar-refractivity contribution in [2.45, 2.75) is 25.8 Å². The number of carbonyl (C=O) groups is 1. The highest BCUT2D eigenvalue weighted by Crippen LogP contribution is 2.29. The van der Waals surface area contributed by atoms with Gasteiger partial charge < -0.3 is 24.8 Å². The van der Waals surface area contributed by atoms with Gasteiger partial charge in [-0.2, -0.15) is 0 Å². The van der Waals surface area contributed by atoms with Crippen molar-refractivity contribution < 1.29 is 19.4 Å². The van der Waals surface area contributed by atoms with Crippen molar-refractivity contribution in [3.05, 3.63) is 47.5 Å². The van der Waals surface area contributed by atoms with Gasteiger partial charge in [-0.25, -0.2) is 0 Å². The molecule has 1 heterocycles. The minimum atomic E-state index is -0.162. The molecule has 6 nitrogen and oxygen atoms in total. The maximum Gasteiger partial charge on any atom is 0.253 e. The highest BCUT2D eigenvalue weighted by molar-refractivity contribution is 6.00. The Labute approximate surface area is 159 Å². The van der Waals surface area contributed by atoms with Gasteiger partial charge >= 0.3 is 0 Å². The summed E-state index contributed by atoms with van der Waals surface area (Å²) in [5.74, 6) is 0.956. The number of hydrogen-bond acceptors (Lipinski definition) is 5. The van der Waals surface area contributed by atoms with E-state index in [0.29, 0.717) is 23.6 Å². The number of rotatable bonds is 6. The predicted molar refractivity (Wildman–Crippen MR) is 105 cm³/mol. The average molecular weight is 370 g/mol. The predicted octanol–water partition coefficient (Wildman–Crippen LogP) is 3.33. The van der Waals surface area contributed by atoms with Gasteiger partial charge in [0.05, 0.1) is 19.8 Å². The lowest BCUT2D eigenvalue weighted by molar-refractivity contribution is 0.0951. The van der Waals surface area contributed by atoms with E-state index in [1.807, 2.05) is 18.2 Å². The summed E-state index contributed by atoms with van der Waals surface area (Å²) in [4.78, 5) is 15.1. The largest absolute Gasteiger partial charge is 0.504 e. The molecule has 3 rings (SSSR count). The zero-order valence-corrected chi connectivity index (χ0v) is 15.8. The molecule has 0 radical (unpaired) electrons. The first kappa shape index (κ1) is 18.9. The number of amides is 1. The van der Waals surface area contributed by atoms with E-state index < -0.39 is 0 Å². The van der Waals surface area contributed by atoms with Crippen molar-refractivity contribution in [2.24, 2.45) is 0 Å². The molecule has 1 aliphatic heterocycles. The van der Waals surface area contributed by atoms with Crippen molar-refractivity contribution >= 4 is 11.6 Å². The minimum absolute atomic E-state index is 0.0552. The summed E-state index contributed by atoms with van der Waals surface area (Å²) in [6.45, 7) is 2.23. The van der Waals surface area contributed by atoms with Crippen LogP contribution in [-0.2, 0) is 6.54 Å². The molecule has 1 aliphatic rings. The Hall–Kier alpha value is -2.89. The molecule has 2 aromatic carbocycles. The Kier molecular flexibility index (Phi) is 6.06. The molecule has 2 aromatic rings. The first-order valence-corrected chi connectivity index (χ1v) is 9.19. The number of carbonyl (C=O) groups excluding carboxylic acids is 1. The summed E-state index contributed by atoms with van der Waals surface area (Å²) in [5.41, 5.74) is 2.34. The third-order valence-corrected chi connectivity index (χ3v) is 4.84. The number of methoxy groups -OCH3 is 2. The molecule has 2 N–H and O–H groups in total. The lowest BCUT2D eigenvalue weighted by Gasteiger charge is -2.30. The molecule has 0 spiro atoms. The van der Waals surface area contributed by atoms with Crippen molar-refractivity contribution in [2.75, 3.05) is 32.2 Å². The van der Waals surface area contributed by atoms with E-state index in [1.165, 1.54) is 13.5 Å². The highest BCUT2D eigenvalue weighted by atomic mass is 16.5. The monoisotopic (exact) mass is 370 g/mol. The number of piperidine rings is 1. The Morgan fingerprint density at radius 2 is 1.85 bits per heavy atom. The Balaban J connectivity index is 1.77. The molecule has 144 valence electrons. The summed E-state index contributed by atoms with van der Waals surface area (Å²) in [6, 6.07) is 10.7. The molecule has 0 bridgehead atoms. The van der Waals surface area contributed by atoms with Gasteiger partial charge in [0.15, 0.2) is 11.5 Å². The van der Waals surface area contributed by atoms with Crippen molar-refractivity contribution in [1.82, 2.24) is 5.32 Å². The van der Waals surface area contributed by atoms with Gasteiger partial charge in [0.25, 0.3) is 5.91 Å². The highest BCUT2D eigenvalue weighted by Gasteiger charge is 2.19. The second-order valence-electron chi connectivity index (χ2n) is 6.62. The number of phenolic OH excluding ortho intramolecular Hbond substituents is 1. The molecule has 6 heteroatoms. The number of benzene rings is 2. The number of aromatic hydroxyl groups is 1. The molecular weight excluding hydrogens is 344 g/mol. The lowest BCUT2D eigenvalue weighted by Crippen LogP contribution is -2.32. The Morgan fingerprint density at radius 1 is 1.07 bits per heavy atom. The molecule has 0 aromatic heterocycles. The summed E-state index contributed by atoms with van der Waals surface area (Å²) >= 11 is 0. The first-order chi connectivity index (χ1) is 13.1. The zero-order chi connectivity index (χ0) is 19.2. The fraction of sp³-hybridized carbons (Fsp3) is 0.381. The van der Waals surface area contributed by atoms with Crippen LogP contribution >= 0.6 is 0 Å². The van der Waals surface area contributed by atoms with Crippen LogP contribution in [-0.4, -0.2) is 38.3 Å². The lowest BCUT2D eigenvalue weighted by atomic mass is 10.1. The molecule has 0 saturated carbocycles. The number of anilines is 1. The van der Waals surface area contributed by atoms with Crippen LogP contribution in [0.4, 0.5) is 5.69 Å². The third-order valence-electron chi connectivity index (χ3n) is 4.84. The van der Waals surface area contributed by atoms with Gasteiger partial charge in [-0.05, 0) is 55.2 Å². The number of nitrogens with zero attached hydrogens (tertiary/aromatic N) is 1. The maximum atomic E-state index is 12.9. The second kappa shape index (κ2) is 8.66. The van der Waals surface area contributed by atoms with E-state index in [1.54, 1.807) is 25.3 Å². The molecule has 1 amide bonds. The summed E-state index contributed by atoms with van der Waals surface area (Å²) in [5, 5.41) is 12.8. The minimum Gasteiger partial charge on any atom is -0.504 e. The van der Waals surface area contributed by atoms with Crippen LogP contribution in [0.3, 0.4) is 0 Å². The van der Waals surface area contributed by atoms with E-state index in [9.17, 15) is 9.90 Å². The molecule has 1 fully saturated rings. The Bertz CT molecular complexity index is 801. The summed E-state index contributed by atoms with van der Waals surface area (Å²) in [6.07, 6.45) is 3.51. The number of hydrogen-bond donors (Lipinski definition) is 2. The van der Waals surface area contributed by atoms with Crippen LogP contribution in [0.5, 0.6) is 17.2 Å². The first-order valence-electron chi connectivity index (χ1n) is 9.19. The van der Waals surface area contributed by atoms with Gasteiger partial charge in [-0.15, -0.1) is 0 Å². The smallest absolute Gasteiger partial charge is 0.253 e. The van der Waals surface area contributed by atoms with Gasteiger partial charge in [0.2, 0.25) is 0 Å². The van der Waals surface area contributed by atoms with Crippen molar-refractivity contribution in [1.29, 1.82) is 0 Å². The van der Waals surface area contributed by atoms with Crippen LogP contribution in [0.15, 0.2) is 36.4 Å². The van der Waals surface area contributed by atoms with E-state index in [-0.39, 0.29) is 11.7 Å². The van der Waals surface area contributed by atoms with Crippen LogP contribution < -0.4 is 19.7 Å². The summed E-state index contributed by atoms with van der Waals surface area (Å²) < 4.78 is 10.4.